The highest BCUT2D eigenvalue weighted by Gasteiger charge is 2.54. The van der Waals surface area contributed by atoms with Crippen LogP contribution in [-0.4, -0.2) is 50.7 Å². The molecule has 0 aromatic carbocycles. The number of quaternary nitrogens is 1. The van der Waals surface area contributed by atoms with E-state index in [9.17, 15) is 29.7 Å². The second-order valence-corrected chi connectivity index (χ2v) is 9.10. The molecule has 0 saturated heterocycles. The SMILES string of the molecule is CCCCCCCCC/C=C/[N+](C(CCC)C(=O)[O-])(C(CCC)C(=O)O)C(CCC)C(=O)O. The van der Waals surface area contributed by atoms with Gasteiger partial charge in [-0.2, -0.15) is 0 Å². The Balaban J connectivity index is 6.18. The van der Waals surface area contributed by atoms with Crippen LogP contribution in [0.1, 0.15) is 118 Å². The summed E-state index contributed by atoms with van der Waals surface area (Å²) in [6.45, 7) is 7.66. The minimum absolute atomic E-state index is 0.158. The Morgan fingerprint density at radius 1 is 0.697 bits per heavy atom. The third kappa shape index (κ3) is 9.86. The molecule has 0 radical (unpaired) electrons. The molecular formula is C26H47NO6. The first-order valence-corrected chi connectivity index (χ1v) is 13.0. The number of hydrogen-bond donors (Lipinski definition) is 2. The lowest BCUT2D eigenvalue weighted by Crippen LogP contribution is -2.71. The number of carbonyl (C=O) groups excluding carboxylic acids is 1. The molecule has 0 rings (SSSR count). The molecule has 0 aliphatic carbocycles. The molecule has 0 aromatic heterocycles. The van der Waals surface area contributed by atoms with Gasteiger partial charge in [0.15, 0.2) is 12.1 Å². The normalized spacial score (nSPS) is 16.2. The van der Waals surface area contributed by atoms with Crippen LogP contribution < -0.4 is 5.11 Å². The number of carboxylic acids is 3. The van der Waals surface area contributed by atoms with Gasteiger partial charge in [-0.1, -0.05) is 72.6 Å². The molecule has 7 heteroatoms. The van der Waals surface area contributed by atoms with Gasteiger partial charge in [0.25, 0.3) is 0 Å². The molecule has 192 valence electrons. The second kappa shape index (κ2) is 17.6. The number of rotatable bonds is 21. The molecule has 0 saturated carbocycles. The van der Waals surface area contributed by atoms with Gasteiger partial charge < -0.3 is 20.1 Å². The smallest absolute Gasteiger partial charge is 0.363 e. The maximum absolute atomic E-state index is 12.4. The predicted molar refractivity (Wildman–Crippen MR) is 128 cm³/mol. The zero-order chi connectivity index (χ0) is 25.3. The molecule has 0 fully saturated rings. The second-order valence-electron chi connectivity index (χ2n) is 9.10. The summed E-state index contributed by atoms with van der Waals surface area (Å²) in [5.74, 6) is -3.72. The van der Waals surface area contributed by atoms with Gasteiger partial charge in [-0.15, -0.1) is 0 Å². The van der Waals surface area contributed by atoms with Crippen molar-refractivity contribution < 1.29 is 34.2 Å². The Hall–Kier alpha value is -1.89. The van der Waals surface area contributed by atoms with E-state index in [0.717, 1.165) is 19.3 Å². The van der Waals surface area contributed by atoms with Crippen LogP contribution in [-0.2, 0) is 14.4 Å². The first-order chi connectivity index (χ1) is 15.7. The fourth-order valence-corrected chi connectivity index (χ4v) is 4.86. The molecule has 7 nitrogen and oxygen atoms in total. The molecular weight excluding hydrogens is 422 g/mol. The van der Waals surface area contributed by atoms with Crippen LogP contribution in [0.15, 0.2) is 12.3 Å². The third-order valence-corrected chi connectivity index (χ3v) is 6.49. The maximum Gasteiger partial charge on any atom is 0.363 e. The highest BCUT2D eigenvalue weighted by molar-refractivity contribution is 5.77. The summed E-state index contributed by atoms with van der Waals surface area (Å²) in [5, 5.41) is 32.6. The van der Waals surface area contributed by atoms with Gasteiger partial charge >= 0.3 is 11.9 Å². The number of carboxylic acid groups (broad SMARTS) is 3. The van der Waals surface area contributed by atoms with E-state index in [1.807, 2.05) is 26.8 Å². The molecule has 3 unspecified atom stereocenters. The Morgan fingerprint density at radius 3 is 1.52 bits per heavy atom. The highest BCUT2D eigenvalue weighted by atomic mass is 16.4. The summed E-state index contributed by atoms with van der Waals surface area (Å²) in [6.07, 6.45) is 14.1. The van der Waals surface area contributed by atoms with Crippen LogP contribution in [0.4, 0.5) is 0 Å². The Kier molecular flexibility index (Phi) is 16.6. The predicted octanol–water partition coefficient (Wildman–Crippen LogP) is 4.88. The monoisotopic (exact) mass is 469 g/mol. The lowest BCUT2D eigenvalue weighted by Gasteiger charge is -2.49. The highest BCUT2D eigenvalue weighted by Crippen LogP contribution is 2.34. The van der Waals surface area contributed by atoms with Gasteiger partial charge in [0.2, 0.25) is 0 Å². The summed E-state index contributed by atoms with van der Waals surface area (Å²) in [7, 11) is 0. The number of carbonyl (C=O) groups is 3. The van der Waals surface area contributed by atoms with Crippen LogP contribution in [0, 0.1) is 0 Å². The fraction of sp³-hybridized carbons (Fsp3) is 0.808. The van der Waals surface area contributed by atoms with Gasteiger partial charge in [-0.05, 0) is 31.8 Å². The van der Waals surface area contributed by atoms with E-state index in [-0.39, 0.29) is 19.3 Å². The van der Waals surface area contributed by atoms with Crippen molar-refractivity contribution in [2.75, 3.05) is 0 Å². The maximum atomic E-state index is 12.4. The van der Waals surface area contributed by atoms with Crippen molar-refractivity contribution >= 4 is 17.9 Å². The molecule has 0 aliphatic heterocycles. The van der Waals surface area contributed by atoms with Gasteiger partial charge in [-0.3, -0.25) is 4.48 Å². The molecule has 3 atom stereocenters. The summed E-state index contributed by atoms with van der Waals surface area (Å²) >= 11 is 0. The van der Waals surface area contributed by atoms with Crippen LogP contribution in [0.5, 0.6) is 0 Å². The molecule has 0 bridgehead atoms. The van der Waals surface area contributed by atoms with E-state index >= 15 is 0 Å². The standard InChI is InChI=1S/C26H47NO6/c1-5-9-10-11-12-13-14-15-16-20-27(21(17-6-2)24(28)29,22(18-7-3)25(30)31)23(19-8-4)26(32)33/h16,20-23H,5-15,17-19H2,1-4H3,(H2-,28,29,30,31,32,33)/b20-16+. The first-order valence-electron chi connectivity index (χ1n) is 13.0. The Labute approximate surface area is 200 Å². The molecule has 33 heavy (non-hydrogen) atoms. The summed E-state index contributed by atoms with van der Waals surface area (Å²) < 4.78 is -0.612. The minimum Gasteiger partial charge on any atom is -0.544 e. The van der Waals surface area contributed by atoms with Crippen LogP contribution in [0.25, 0.3) is 0 Å². The van der Waals surface area contributed by atoms with E-state index in [1.165, 1.54) is 25.7 Å². The first kappa shape index (κ1) is 31.1. The van der Waals surface area contributed by atoms with Crippen molar-refractivity contribution in [1.82, 2.24) is 0 Å². The van der Waals surface area contributed by atoms with E-state index in [4.69, 9.17) is 0 Å². The van der Waals surface area contributed by atoms with Crippen molar-refractivity contribution in [2.24, 2.45) is 0 Å². The van der Waals surface area contributed by atoms with Gasteiger partial charge in [0.1, 0.15) is 6.04 Å². The lowest BCUT2D eigenvalue weighted by atomic mass is 9.93. The van der Waals surface area contributed by atoms with Crippen molar-refractivity contribution in [2.45, 2.75) is 136 Å². The zero-order valence-electron chi connectivity index (χ0n) is 21.3. The number of unbranched alkanes of at least 4 members (excludes halogenated alkanes) is 7. The minimum atomic E-state index is -1.39. The van der Waals surface area contributed by atoms with Gasteiger partial charge in [0, 0.05) is 19.3 Å². The van der Waals surface area contributed by atoms with Crippen molar-refractivity contribution in [3.05, 3.63) is 12.3 Å². The Bertz CT molecular complexity index is 544. The van der Waals surface area contributed by atoms with E-state index in [2.05, 4.69) is 6.92 Å². The van der Waals surface area contributed by atoms with E-state index in [1.54, 1.807) is 6.20 Å². The molecule has 2 N–H and O–H groups in total. The molecule has 0 amide bonds. The van der Waals surface area contributed by atoms with E-state index in [0.29, 0.717) is 25.7 Å². The number of hydrogen-bond acceptors (Lipinski definition) is 4. The van der Waals surface area contributed by atoms with Crippen LogP contribution >= 0.6 is 0 Å². The molecule has 0 spiro atoms. The summed E-state index contributed by atoms with van der Waals surface area (Å²) in [5.41, 5.74) is 0. The zero-order valence-corrected chi connectivity index (χ0v) is 21.3. The van der Waals surface area contributed by atoms with Crippen LogP contribution in [0.3, 0.4) is 0 Å². The van der Waals surface area contributed by atoms with E-state index < -0.39 is 40.5 Å². The average Bonchev–Trinajstić information content (AvgIpc) is 2.76. The van der Waals surface area contributed by atoms with Gasteiger partial charge in [0.05, 0.1) is 12.2 Å². The average molecular weight is 470 g/mol. The number of nitrogens with zero attached hydrogens (tertiary/aromatic N) is 1. The molecule has 0 heterocycles. The van der Waals surface area contributed by atoms with Crippen molar-refractivity contribution in [3.8, 4) is 0 Å². The lowest BCUT2D eigenvalue weighted by molar-refractivity contribution is -0.930. The largest absolute Gasteiger partial charge is 0.544 e. The van der Waals surface area contributed by atoms with Gasteiger partial charge in [-0.25, -0.2) is 9.59 Å². The molecule has 0 aromatic rings. The number of aliphatic carboxylic acids is 3. The fourth-order valence-electron chi connectivity index (χ4n) is 4.86. The van der Waals surface area contributed by atoms with Crippen molar-refractivity contribution in [3.63, 3.8) is 0 Å². The number of allylic oxidation sites excluding steroid dienone is 1. The van der Waals surface area contributed by atoms with Crippen LogP contribution in [0.2, 0.25) is 0 Å². The molecule has 0 aliphatic rings. The third-order valence-electron chi connectivity index (χ3n) is 6.49. The Morgan fingerprint density at radius 2 is 1.12 bits per heavy atom. The van der Waals surface area contributed by atoms with Crippen molar-refractivity contribution in [1.29, 1.82) is 0 Å². The quantitative estimate of drug-likeness (QED) is 0.183. The topological polar surface area (TPSA) is 115 Å². The summed E-state index contributed by atoms with van der Waals surface area (Å²) in [6, 6.07) is -3.56. The summed E-state index contributed by atoms with van der Waals surface area (Å²) in [4.78, 5) is 37.1.